The molecule has 158 valence electrons. The molecule has 0 bridgehead atoms. The van der Waals surface area contributed by atoms with Crippen LogP contribution in [-0.4, -0.2) is 49.3 Å². The number of carbonyl (C=O) groups is 1. The Balaban J connectivity index is 2.16. The van der Waals surface area contributed by atoms with Crippen LogP contribution in [0.1, 0.15) is 57.3 Å². The molecule has 0 saturated carbocycles. The molecular weight excluding hydrogens is 384 g/mol. The first-order valence-electron chi connectivity index (χ1n) is 15.6. The number of carboxylic acids is 1. The maximum Gasteiger partial charge on any atom is 0.336 e. The van der Waals surface area contributed by atoms with Gasteiger partial charge in [-0.2, -0.15) is 0 Å². The van der Waals surface area contributed by atoms with Crippen molar-refractivity contribution >= 4 is 22.9 Å². The summed E-state index contributed by atoms with van der Waals surface area (Å²) in [6.07, 6.45) is 4.30. The first kappa shape index (κ1) is 10.8. The molecule has 0 aromatic heterocycles. The second kappa shape index (κ2) is 7.38. The zero-order valence-electron chi connectivity index (χ0n) is 29.0. The van der Waals surface area contributed by atoms with Gasteiger partial charge in [0.05, 0.1) is 13.8 Å². The number of hydrogen-bond donors (Lipinski definition) is 1. The van der Waals surface area contributed by atoms with Crippen molar-refractivity contribution in [1.82, 2.24) is 0 Å². The number of allylic oxidation sites excluding steroid dienone is 5. The summed E-state index contributed by atoms with van der Waals surface area (Å²) in [6, 6.07) is 10.5. The van der Waals surface area contributed by atoms with E-state index in [2.05, 4.69) is 0 Å². The van der Waals surface area contributed by atoms with E-state index in [1.54, 1.807) is 44.2 Å². The Kier molecular flexibility index (Phi) is 2.56. The number of nitrogens with zero attached hydrogens (tertiary/aromatic N) is 2. The van der Waals surface area contributed by atoms with Crippen LogP contribution in [0.25, 0.3) is 5.57 Å². The molecule has 2 aromatic carbocycles. The summed E-state index contributed by atoms with van der Waals surface area (Å²) >= 11 is 0. The number of rotatable bonds is 3. The third kappa shape index (κ3) is 3.32. The van der Waals surface area contributed by atoms with Gasteiger partial charge in [-0.15, -0.1) is 0 Å². The zero-order valence-corrected chi connectivity index (χ0v) is 17.0. The molecular formula is C27H29N2O2+. The Hall–Kier alpha value is -3.40. The predicted molar refractivity (Wildman–Crippen MR) is 128 cm³/mol. The Morgan fingerprint density at radius 2 is 1.84 bits per heavy atom. The van der Waals surface area contributed by atoms with Crippen LogP contribution in [0.5, 0.6) is 0 Å². The molecule has 0 heterocycles. The maximum atomic E-state index is 12.3. The minimum atomic E-state index is -3.04. The lowest BCUT2D eigenvalue weighted by Crippen LogP contribution is -2.31. The first-order valence-corrected chi connectivity index (χ1v) is 9.57. The molecule has 2 aliphatic carbocycles. The Labute approximate surface area is 201 Å². The zero-order chi connectivity index (χ0) is 32.5. The van der Waals surface area contributed by atoms with Gasteiger partial charge in [-0.25, -0.2) is 9.37 Å². The highest BCUT2D eigenvalue weighted by Gasteiger charge is 2.39. The largest absolute Gasteiger partial charge is 0.478 e. The summed E-state index contributed by atoms with van der Waals surface area (Å²) in [5.74, 6) is -1.21. The van der Waals surface area contributed by atoms with Gasteiger partial charge in [0, 0.05) is 45.4 Å². The van der Waals surface area contributed by atoms with Crippen molar-refractivity contribution in [2.45, 2.75) is 19.3 Å². The van der Waals surface area contributed by atoms with Crippen LogP contribution >= 0.6 is 0 Å². The quantitative estimate of drug-likeness (QED) is 0.722. The highest BCUT2D eigenvalue weighted by atomic mass is 16.4. The summed E-state index contributed by atoms with van der Waals surface area (Å²) in [5.41, 5.74) is 1.21. The fraction of sp³-hybridized carbons (Fsp3) is 0.259. The van der Waals surface area contributed by atoms with Crippen molar-refractivity contribution in [2.24, 2.45) is 0 Å². The molecule has 0 radical (unpaired) electrons. The number of carboxylic acid groups (broad SMARTS) is 1. The van der Waals surface area contributed by atoms with Gasteiger partial charge in [0.1, 0.15) is 14.0 Å². The summed E-state index contributed by atoms with van der Waals surface area (Å²) in [5, 5.41) is 10.0. The highest BCUT2D eigenvalue weighted by Crippen LogP contribution is 2.50. The predicted octanol–water partition coefficient (Wildman–Crippen LogP) is 4.75. The lowest BCUT2D eigenvalue weighted by molar-refractivity contribution is -0.462. The second-order valence-electron chi connectivity index (χ2n) is 7.98. The van der Waals surface area contributed by atoms with Gasteiger partial charge >= 0.3 is 5.97 Å². The molecule has 0 amide bonds. The Bertz CT molecular complexity index is 1590. The van der Waals surface area contributed by atoms with Crippen LogP contribution in [0.2, 0.25) is 0 Å². The van der Waals surface area contributed by atoms with Gasteiger partial charge < -0.3 is 10.0 Å². The number of aromatic carboxylic acids is 1. The van der Waals surface area contributed by atoms with Crippen molar-refractivity contribution in [2.75, 3.05) is 32.8 Å². The SMILES string of the molecule is [2H]C([2H])([2H])N(c1ccc2c(c1)C(C)(C)C1=CC(=[N+](C([2H])([2H])[2H])C([2H])([2H])[2H])C=CC1=C2c1ccccc1C(=O)O)C([2H])([2H])[2H]. The van der Waals surface area contributed by atoms with Gasteiger partial charge in [0.2, 0.25) is 0 Å². The average molecular weight is 426 g/mol. The van der Waals surface area contributed by atoms with Crippen LogP contribution in [0, 0.1) is 0 Å². The number of hydrogen-bond acceptors (Lipinski definition) is 2. The van der Waals surface area contributed by atoms with E-state index in [0.717, 1.165) is 0 Å². The molecule has 4 nitrogen and oxygen atoms in total. The fourth-order valence-corrected chi connectivity index (χ4v) is 4.28. The van der Waals surface area contributed by atoms with E-state index < -0.39 is 39.3 Å². The van der Waals surface area contributed by atoms with Gasteiger partial charge in [-0.05, 0) is 57.7 Å². The van der Waals surface area contributed by atoms with Crippen molar-refractivity contribution in [3.05, 3.63) is 94.1 Å². The Morgan fingerprint density at radius 1 is 1.06 bits per heavy atom. The molecule has 4 heteroatoms. The fourth-order valence-electron chi connectivity index (χ4n) is 4.28. The summed E-state index contributed by atoms with van der Waals surface area (Å²) in [6.45, 7) is -8.64. The molecule has 0 saturated heterocycles. The number of benzene rings is 2. The van der Waals surface area contributed by atoms with E-state index in [-0.39, 0.29) is 17.0 Å². The average Bonchev–Trinajstić information content (AvgIpc) is 2.81. The van der Waals surface area contributed by atoms with Crippen LogP contribution in [-0.2, 0) is 5.41 Å². The van der Waals surface area contributed by atoms with Crippen LogP contribution < -0.4 is 4.90 Å². The molecule has 2 aromatic rings. The van der Waals surface area contributed by atoms with Crippen LogP contribution in [0.3, 0.4) is 0 Å². The van der Waals surface area contributed by atoms with E-state index in [4.69, 9.17) is 16.4 Å². The monoisotopic (exact) mass is 425 g/mol. The molecule has 0 spiro atoms. The van der Waals surface area contributed by atoms with E-state index in [9.17, 15) is 9.90 Å². The van der Waals surface area contributed by atoms with E-state index in [1.165, 1.54) is 30.4 Å². The maximum absolute atomic E-state index is 12.3. The first-order chi connectivity index (χ1) is 19.5. The second-order valence-corrected chi connectivity index (χ2v) is 7.98. The minimum absolute atomic E-state index is 0.0412. The summed E-state index contributed by atoms with van der Waals surface area (Å²) < 4.78 is 95.1. The van der Waals surface area contributed by atoms with Crippen LogP contribution in [0.4, 0.5) is 5.69 Å². The van der Waals surface area contributed by atoms with Gasteiger partial charge in [0.15, 0.2) is 5.71 Å². The van der Waals surface area contributed by atoms with Gasteiger partial charge in [0.25, 0.3) is 0 Å². The van der Waals surface area contributed by atoms with E-state index >= 15 is 0 Å². The normalized spacial score (nSPS) is 23.8. The van der Waals surface area contributed by atoms with E-state index in [1.807, 2.05) is 0 Å². The number of anilines is 1. The Morgan fingerprint density at radius 3 is 2.55 bits per heavy atom. The van der Waals surface area contributed by atoms with Crippen molar-refractivity contribution < 1.29 is 30.9 Å². The molecule has 1 N–H and O–H groups in total. The van der Waals surface area contributed by atoms with Crippen LogP contribution in [0.15, 0.2) is 71.8 Å². The third-order valence-corrected chi connectivity index (χ3v) is 5.83. The lowest BCUT2D eigenvalue weighted by Gasteiger charge is -2.39. The molecule has 4 rings (SSSR count). The summed E-state index contributed by atoms with van der Waals surface area (Å²) in [4.78, 5) is 12.6. The van der Waals surface area contributed by atoms with Crippen molar-refractivity contribution in [3.8, 4) is 0 Å². The number of fused-ring (bicyclic) bond motifs is 2. The molecule has 2 aliphatic rings. The van der Waals surface area contributed by atoms with E-state index in [0.29, 0.717) is 42.9 Å². The lowest BCUT2D eigenvalue weighted by atomic mass is 9.64. The van der Waals surface area contributed by atoms with Crippen molar-refractivity contribution in [1.29, 1.82) is 0 Å². The molecule has 31 heavy (non-hydrogen) atoms. The molecule has 0 fully saturated rings. The smallest absolute Gasteiger partial charge is 0.336 e. The van der Waals surface area contributed by atoms with Gasteiger partial charge in [-0.1, -0.05) is 38.1 Å². The minimum Gasteiger partial charge on any atom is -0.478 e. The third-order valence-electron chi connectivity index (χ3n) is 5.83. The molecule has 0 unspecified atom stereocenters. The summed E-state index contributed by atoms with van der Waals surface area (Å²) in [7, 11) is 0. The topological polar surface area (TPSA) is 43.5 Å². The van der Waals surface area contributed by atoms with Crippen molar-refractivity contribution in [3.63, 3.8) is 0 Å². The molecule has 0 atom stereocenters. The standard InChI is InChI=1S/C27H28N2O2/c1-27(2)23-15-17(28(3)4)11-13-21(23)25(19-9-7-8-10-20(19)26(30)31)22-14-12-18(29(5)6)16-24(22)27/h7-16H,1-6H3/p+1/i3D3,4D3,5D3,6D3. The van der Waals surface area contributed by atoms with Gasteiger partial charge in [-0.3, -0.25) is 0 Å². The molecule has 0 aliphatic heterocycles. The highest BCUT2D eigenvalue weighted by molar-refractivity contribution is 6.08.